The van der Waals surface area contributed by atoms with Crippen LogP contribution < -0.4 is 5.32 Å². The summed E-state index contributed by atoms with van der Waals surface area (Å²) in [6.45, 7) is 6.31. The van der Waals surface area contributed by atoms with E-state index in [9.17, 15) is 5.11 Å². The molecular formula is C8H16N2O. The van der Waals surface area contributed by atoms with E-state index in [-0.39, 0.29) is 6.23 Å². The lowest BCUT2D eigenvalue weighted by Crippen LogP contribution is -2.33. The van der Waals surface area contributed by atoms with Gasteiger partial charge in [-0.25, -0.2) is 0 Å². The number of nitrogens with zero attached hydrogens (tertiary/aromatic N) is 1. The number of aliphatic hydroxyl groups is 1. The molecule has 11 heavy (non-hydrogen) atoms. The van der Waals surface area contributed by atoms with Crippen LogP contribution in [0.3, 0.4) is 0 Å². The van der Waals surface area contributed by atoms with Gasteiger partial charge in [0.05, 0.1) is 0 Å². The van der Waals surface area contributed by atoms with Gasteiger partial charge in [-0.3, -0.25) is 4.90 Å². The van der Waals surface area contributed by atoms with Gasteiger partial charge in [-0.05, 0) is 31.8 Å². The van der Waals surface area contributed by atoms with Crippen molar-refractivity contribution in [2.45, 2.75) is 13.2 Å². The number of rotatable bonds is 1. The molecule has 3 nitrogen and oxygen atoms in total. The molecule has 0 aromatic heterocycles. The van der Waals surface area contributed by atoms with Crippen LogP contribution in [0.1, 0.15) is 6.92 Å². The van der Waals surface area contributed by atoms with Crippen LogP contribution in [0.4, 0.5) is 0 Å². The van der Waals surface area contributed by atoms with Gasteiger partial charge in [0, 0.05) is 13.1 Å². The third-order valence-electron chi connectivity index (χ3n) is 2.95. The zero-order valence-corrected chi connectivity index (χ0v) is 6.95. The van der Waals surface area contributed by atoms with Gasteiger partial charge >= 0.3 is 0 Å². The molecule has 2 N–H and O–H groups in total. The second kappa shape index (κ2) is 2.73. The summed E-state index contributed by atoms with van der Waals surface area (Å²) in [6, 6.07) is 0. The maximum atomic E-state index is 9.31. The SMILES string of the molecule is CC(O)N1CC2CNCC2C1. The molecule has 0 spiro atoms. The van der Waals surface area contributed by atoms with Gasteiger partial charge in [-0.2, -0.15) is 0 Å². The Morgan fingerprint density at radius 3 is 2.36 bits per heavy atom. The quantitative estimate of drug-likeness (QED) is 0.536. The predicted molar refractivity (Wildman–Crippen MR) is 43.1 cm³/mol. The van der Waals surface area contributed by atoms with Crippen molar-refractivity contribution in [3.05, 3.63) is 0 Å². The van der Waals surface area contributed by atoms with E-state index >= 15 is 0 Å². The standard InChI is InChI=1S/C8H16N2O/c1-6(11)10-4-7-2-9-3-8(7)5-10/h6-9,11H,2-5H2,1H3. The second-order valence-corrected chi connectivity index (χ2v) is 3.76. The Bertz CT molecular complexity index is 137. The normalized spacial score (nSPS) is 40.9. The fourth-order valence-electron chi connectivity index (χ4n) is 2.20. The monoisotopic (exact) mass is 156 g/mol. The summed E-state index contributed by atoms with van der Waals surface area (Å²) in [6.07, 6.45) is -0.249. The summed E-state index contributed by atoms with van der Waals surface area (Å²) in [7, 11) is 0. The average Bonchev–Trinajstić information content (AvgIpc) is 2.40. The number of aliphatic hydroxyl groups excluding tert-OH is 1. The molecule has 0 aromatic carbocycles. The smallest absolute Gasteiger partial charge is 0.104 e. The molecule has 0 aliphatic carbocycles. The first-order valence-corrected chi connectivity index (χ1v) is 4.40. The molecule has 64 valence electrons. The highest BCUT2D eigenvalue weighted by Gasteiger charge is 2.37. The van der Waals surface area contributed by atoms with E-state index in [0.29, 0.717) is 0 Å². The number of likely N-dealkylation sites (tertiary alicyclic amines) is 1. The number of hydrogen-bond donors (Lipinski definition) is 2. The molecule has 2 saturated heterocycles. The molecule has 2 rings (SSSR count). The molecule has 0 radical (unpaired) electrons. The maximum Gasteiger partial charge on any atom is 0.104 e. The Morgan fingerprint density at radius 1 is 1.36 bits per heavy atom. The summed E-state index contributed by atoms with van der Waals surface area (Å²) < 4.78 is 0. The highest BCUT2D eigenvalue weighted by molar-refractivity contribution is 4.91. The van der Waals surface area contributed by atoms with Gasteiger partial charge in [0.1, 0.15) is 6.23 Å². The van der Waals surface area contributed by atoms with Gasteiger partial charge in [-0.15, -0.1) is 0 Å². The largest absolute Gasteiger partial charge is 0.379 e. The van der Waals surface area contributed by atoms with Gasteiger partial charge in [-0.1, -0.05) is 0 Å². The Morgan fingerprint density at radius 2 is 1.91 bits per heavy atom. The first kappa shape index (κ1) is 7.53. The lowest BCUT2D eigenvalue weighted by Gasteiger charge is -2.19. The third kappa shape index (κ3) is 1.28. The first-order chi connectivity index (χ1) is 5.27. The van der Waals surface area contributed by atoms with Crippen molar-refractivity contribution in [1.82, 2.24) is 10.2 Å². The third-order valence-corrected chi connectivity index (χ3v) is 2.95. The van der Waals surface area contributed by atoms with Gasteiger partial charge in [0.15, 0.2) is 0 Å². The summed E-state index contributed by atoms with van der Waals surface area (Å²) in [4.78, 5) is 2.16. The molecule has 0 saturated carbocycles. The molecule has 2 aliphatic heterocycles. The second-order valence-electron chi connectivity index (χ2n) is 3.76. The molecule has 3 heteroatoms. The van der Waals surface area contributed by atoms with Crippen LogP contribution in [0.25, 0.3) is 0 Å². The number of hydrogen-bond acceptors (Lipinski definition) is 3. The van der Waals surface area contributed by atoms with Crippen molar-refractivity contribution in [3.8, 4) is 0 Å². The Balaban J connectivity index is 1.94. The summed E-state index contributed by atoms with van der Waals surface area (Å²) in [5.41, 5.74) is 0. The van der Waals surface area contributed by atoms with E-state index in [2.05, 4.69) is 10.2 Å². The molecule has 2 aliphatic rings. The number of nitrogens with one attached hydrogen (secondary N) is 1. The lowest BCUT2D eigenvalue weighted by molar-refractivity contribution is 0.0313. The molecule has 2 fully saturated rings. The number of fused-ring (bicyclic) bond motifs is 1. The van der Waals surface area contributed by atoms with E-state index in [4.69, 9.17) is 0 Å². The molecular weight excluding hydrogens is 140 g/mol. The molecule has 3 atom stereocenters. The molecule has 0 bridgehead atoms. The Labute approximate surface area is 67.4 Å². The maximum absolute atomic E-state index is 9.31. The molecule has 2 heterocycles. The predicted octanol–water partition coefficient (Wildman–Crippen LogP) is -0.524. The summed E-state index contributed by atoms with van der Waals surface area (Å²) in [5, 5.41) is 12.7. The summed E-state index contributed by atoms with van der Waals surface area (Å²) in [5.74, 6) is 1.59. The van der Waals surface area contributed by atoms with Crippen molar-refractivity contribution in [3.63, 3.8) is 0 Å². The van der Waals surface area contributed by atoms with Crippen molar-refractivity contribution in [2.75, 3.05) is 26.2 Å². The van der Waals surface area contributed by atoms with Crippen molar-refractivity contribution >= 4 is 0 Å². The van der Waals surface area contributed by atoms with Crippen molar-refractivity contribution in [1.29, 1.82) is 0 Å². The van der Waals surface area contributed by atoms with Crippen LogP contribution >= 0.6 is 0 Å². The molecule has 0 aromatic rings. The van der Waals surface area contributed by atoms with Crippen molar-refractivity contribution in [2.24, 2.45) is 11.8 Å². The fraction of sp³-hybridized carbons (Fsp3) is 1.00. The van der Waals surface area contributed by atoms with Gasteiger partial charge in [0.2, 0.25) is 0 Å². The topological polar surface area (TPSA) is 35.5 Å². The van der Waals surface area contributed by atoms with E-state index in [1.165, 1.54) is 0 Å². The Hall–Kier alpha value is -0.120. The first-order valence-electron chi connectivity index (χ1n) is 4.40. The minimum absolute atomic E-state index is 0.249. The highest BCUT2D eigenvalue weighted by atomic mass is 16.3. The van der Waals surface area contributed by atoms with Crippen LogP contribution in [-0.2, 0) is 0 Å². The van der Waals surface area contributed by atoms with Crippen LogP contribution in [0.15, 0.2) is 0 Å². The Kier molecular flexibility index (Phi) is 1.87. The zero-order chi connectivity index (χ0) is 7.84. The van der Waals surface area contributed by atoms with Crippen LogP contribution in [-0.4, -0.2) is 42.4 Å². The average molecular weight is 156 g/mol. The zero-order valence-electron chi connectivity index (χ0n) is 6.95. The van der Waals surface area contributed by atoms with Crippen molar-refractivity contribution < 1.29 is 5.11 Å². The van der Waals surface area contributed by atoms with E-state index in [1.54, 1.807) is 0 Å². The van der Waals surface area contributed by atoms with Crippen LogP contribution in [0.5, 0.6) is 0 Å². The summed E-state index contributed by atoms with van der Waals surface area (Å²) >= 11 is 0. The molecule has 3 unspecified atom stereocenters. The van der Waals surface area contributed by atoms with Crippen LogP contribution in [0.2, 0.25) is 0 Å². The van der Waals surface area contributed by atoms with Gasteiger partial charge in [0.25, 0.3) is 0 Å². The van der Waals surface area contributed by atoms with Crippen LogP contribution in [0, 0.1) is 11.8 Å². The minimum atomic E-state index is -0.249. The van der Waals surface area contributed by atoms with E-state index < -0.39 is 0 Å². The fourth-order valence-corrected chi connectivity index (χ4v) is 2.20. The highest BCUT2D eigenvalue weighted by Crippen LogP contribution is 2.26. The van der Waals surface area contributed by atoms with E-state index in [1.807, 2.05) is 6.92 Å². The molecule has 0 amide bonds. The van der Waals surface area contributed by atoms with E-state index in [0.717, 1.165) is 38.0 Å². The lowest BCUT2D eigenvalue weighted by atomic mass is 10.0. The minimum Gasteiger partial charge on any atom is -0.379 e. The van der Waals surface area contributed by atoms with Gasteiger partial charge < -0.3 is 10.4 Å².